The van der Waals surface area contributed by atoms with Crippen molar-refractivity contribution in [3.8, 4) is 11.3 Å². The molecule has 0 atom stereocenters. The molecular formula is C16H12N2O3S. The average Bonchev–Trinajstić information content (AvgIpc) is 2.57. The van der Waals surface area contributed by atoms with Crippen molar-refractivity contribution in [1.29, 1.82) is 0 Å². The highest BCUT2D eigenvalue weighted by Crippen LogP contribution is 2.16. The SMILES string of the molecule is O=c1ccc(-c2ccccc2)nn1S(=O)(=O)c1ccccc1. The van der Waals surface area contributed by atoms with E-state index in [1.165, 1.54) is 24.3 Å². The third kappa shape index (κ3) is 2.56. The van der Waals surface area contributed by atoms with Crippen molar-refractivity contribution in [1.82, 2.24) is 9.19 Å². The van der Waals surface area contributed by atoms with Crippen LogP contribution in [0.25, 0.3) is 11.3 Å². The van der Waals surface area contributed by atoms with Crippen LogP contribution in [0.5, 0.6) is 0 Å². The first kappa shape index (κ1) is 14.2. The van der Waals surface area contributed by atoms with Crippen LogP contribution in [0.15, 0.2) is 82.5 Å². The van der Waals surface area contributed by atoms with E-state index in [0.717, 1.165) is 5.56 Å². The van der Waals surface area contributed by atoms with E-state index in [9.17, 15) is 13.2 Å². The molecule has 3 rings (SSSR count). The van der Waals surface area contributed by atoms with Gasteiger partial charge >= 0.3 is 0 Å². The van der Waals surface area contributed by atoms with Gasteiger partial charge in [0.05, 0.1) is 10.6 Å². The summed E-state index contributed by atoms with van der Waals surface area (Å²) in [6, 6.07) is 19.5. The zero-order valence-electron chi connectivity index (χ0n) is 11.5. The number of rotatable bonds is 3. The summed E-state index contributed by atoms with van der Waals surface area (Å²) >= 11 is 0. The highest BCUT2D eigenvalue weighted by atomic mass is 32.2. The van der Waals surface area contributed by atoms with Crippen LogP contribution in [0.3, 0.4) is 0 Å². The first-order valence-corrected chi connectivity index (χ1v) is 7.99. The van der Waals surface area contributed by atoms with Crippen LogP contribution in [0.2, 0.25) is 0 Å². The zero-order valence-corrected chi connectivity index (χ0v) is 12.3. The lowest BCUT2D eigenvalue weighted by molar-refractivity contribution is 0.576. The van der Waals surface area contributed by atoms with Crippen LogP contribution < -0.4 is 5.56 Å². The molecule has 3 aromatic rings. The maximum atomic E-state index is 12.5. The molecule has 0 aliphatic rings. The van der Waals surface area contributed by atoms with Crippen LogP contribution in [0, 0.1) is 0 Å². The Labute approximate surface area is 127 Å². The molecule has 0 N–H and O–H groups in total. The van der Waals surface area contributed by atoms with Crippen LogP contribution >= 0.6 is 0 Å². The summed E-state index contributed by atoms with van der Waals surface area (Å²) in [4.78, 5) is 12.0. The van der Waals surface area contributed by atoms with Gasteiger partial charge in [0, 0.05) is 11.6 Å². The van der Waals surface area contributed by atoms with E-state index in [2.05, 4.69) is 5.10 Å². The average molecular weight is 312 g/mol. The molecule has 0 saturated heterocycles. The van der Waals surface area contributed by atoms with Crippen molar-refractivity contribution < 1.29 is 8.42 Å². The maximum absolute atomic E-state index is 12.5. The van der Waals surface area contributed by atoms with E-state index in [1.807, 2.05) is 18.2 Å². The summed E-state index contributed by atoms with van der Waals surface area (Å²) in [7, 11) is -4.01. The number of hydrogen-bond acceptors (Lipinski definition) is 4. The molecule has 2 aromatic carbocycles. The number of benzene rings is 2. The van der Waals surface area contributed by atoms with E-state index in [-0.39, 0.29) is 4.90 Å². The molecule has 0 fully saturated rings. The van der Waals surface area contributed by atoms with Crippen molar-refractivity contribution in [3.63, 3.8) is 0 Å². The molecule has 22 heavy (non-hydrogen) atoms. The largest absolute Gasteiger partial charge is 0.286 e. The molecule has 0 aliphatic heterocycles. The Balaban J connectivity index is 2.18. The molecule has 0 saturated carbocycles. The first-order chi connectivity index (χ1) is 10.6. The van der Waals surface area contributed by atoms with Crippen molar-refractivity contribution in [2.75, 3.05) is 0 Å². The van der Waals surface area contributed by atoms with E-state index in [4.69, 9.17) is 0 Å². The van der Waals surface area contributed by atoms with Crippen LogP contribution in [-0.4, -0.2) is 17.6 Å². The van der Waals surface area contributed by atoms with Crippen molar-refractivity contribution in [3.05, 3.63) is 83.2 Å². The smallest absolute Gasteiger partial charge is 0.267 e. The third-order valence-corrected chi connectivity index (χ3v) is 4.69. The van der Waals surface area contributed by atoms with Gasteiger partial charge in [-0.3, -0.25) is 4.79 Å². The van der Waals surface area contributed by atoms with Gasteiger partial charge in [-0.2, -0.15) is 13.5 Å². The van der Waals surface area contributed by atoms with Gasteiger partial charge in [0.2, 0.25) is 0 Å². The van der Waals surface area contributed by atoms with Crippen LogP contribution in [0.4, 0.5) is 0 Å². The van der Waals surface area contributed by atoms with Crippen molar-refractivity contribution >= 4 is 10.0 Å². The lowest BCUT2D eigenvalue weighted by Gasteiger charge is -2.08. The normalized spacial score (nSPS) is 11.3. The molecule has 5 nitrogen and oxygen atoms in total. The molecule has 6 heteroatoms. The zero-order chi connectivity index (χ0) is 15.6. The Hall–Kier alpha value is -2.73. The Morgan fingerprint density at radius 3 is 2.00 bits per heavy atom. The summed E-state index contributed by atoms with van der Waals surface area (Å²) in [6.45, 7) is 0. The lowest BCUT2D eigenvalue weighted by atomic mass is 10.1. The van der Waals surface area contributed by atoms with E-state index >= 15 is 0 Å². The Morgan fingerprint density at radius 2 is 1.36 bits per heavy atom. The van der Waals surface area contributed by atoms with Gasteiger partial charge in [-0.1, -0.05) is 48.5 Å². The second-order valence-corrected chi connectivity index (χ2v) is 6.35. The lowest BCUT2D eigenvalue weighted by Crippen LogP contribution is -2.29. The second-order valence-electron chi connectivity index (χ2n) is 4.58. The summed E-state index contributed by atoms with van der Waals surface area (Å²) < 4.78 is 25.6. The minimum absolute atomic E-state index is 0.0230. The van der Waals surface area contributed by atoms with E-state index < -0.39 is 15.6 Å². The van der Waals surface area contributed by atoms with Gasteiger partial charge in [0.15, 0.2) is 0 Å². The van der Waals surface area contributed by atoms with Crippen molar-refractivity contribution in [2.24, 2.45) is 0 Å². The predicted octanol–water partition coefficient (Wildman–Crippen LogP) is 2.15. The monoisotopic (exact) mass is 312 g/mol. The highest BCUT2D eigenvalue weighted by Gasteiger charge is 2.19. The number of nitrogens with zero attached hydrogens (tertiary/aromatic N) is 2. The van der Waals surface area contributed by atoms with Gasteiger partial charge in [-0.25, -0.2) is 0 Å². The fourth-order valence-corrected chi connectivity index (χ4v) is 3.22. The van der Waals surface area contributed by atoms with Gasteiger partial charge in [-0.05, 0) is 18.2 Å². The standard InChI is InChI=1S/C16H12N2O3S/c19-16-12-11-15(13-7-3-1-4-8-13)17-18(16)22(20,21)14-9-5-2-6-10-14/h1-12H. The van der Waals surface area contributed by atoms with Gasteiger partial charge in [-0.15, -0.1) is 4.09 Å². The molecule has 0 spiro atoms. The van der Waals surface area contributed by atoms with Gasteiger partial charge in [0.1, 0.15) is 0 Å². The molecule has 110 valence electrons. The Morgan fingerprint density at radius 1 is 0.773 bits per heavy atom. The quantitative estimate of drug-likeness (QED) is 0.743. The topological polar surface area (TPSA) is 69.0 Å². The fourth-order valence-electron chi connectivity index (χ4n) is 2.02. The minimum Gasteiger partial charge on any atom is -0.267 e. The van der Waals surface area contributed by atoms with Gasteiger partial charge < -0.3 is 0 Å². The van der Waals surface area contributed by atoms with Gasteiger partial charge in [0.25, 0.3) is 15.6 Å². The molecule has 0 aliphatic carbocycles. The molecule has 1 heterocycles. The molecule has 0 amide bonds. The number of hydrogen-bond donors (Lipinski definition) is 0. The van der Waals surface area contributed by atoms with Crippen molar-refractivity contribution in [2.45, 2.75) is 4.90 Å². The molecule has 0 radical (unpaired) electrons. The van der Waals surface area contributed by atoms with Crippen LogP contribution in [0.1, 0.15) is 0 Å². The highest BCUT2D eigenvalue weighted by molar-refractivity contribution is 7.89. The second kappa shape index (κ2) is 5.57. The molecular weight excluding hydrogens is 300 g/mol. The summed E-state index contributed by atoms with van der Waals surface area (Å²) in [6.07, 6.45) is 0. The molecule has 0 bridgehead atoms. The van der Waals surface area contributed by atoms with E-state index in [1.54, 1.807) is 30.3 Å². The Kier molecular flexibility index (Phi) is 3.60. The Bertz CT molecular complexity index is 949. The fraction of sp³-hybridized carbons (Fsp3) is 0. The molecule has 0 unspecified atom stereocenters. The predicted molar refractivity (Wildman–Crippen MR) is 83.0 cm³/mol. The maximum Gasteiger partial charge on any atom is 0.286 e. The van der Waals surface area contributed by atoms with Crippen LogP contribution in [-0.2, 0) is 10.0 Å². The summed E-state index contributed by atoms with van der Waals surface area (Å²) in [5.74, 6) is 0. The third-order valence-electron chi connectivity index (χ3n) is 3.11. The first-order valence-electron chi connectivity index (χ1n) is 6.55. The molecule has 1 aromatic heterocycles. The number of aromatic nitrogens is 2. The summed E-state index contributed by atoms with van der Waals surface area (Å²) in [5, 5.41) is 4.01. The minimum atomic E-state index is -4.01. The summed E-state index contributed by atoms with van der Waals surface area (Å²) in [5.41, 5.74) is 0.461. The van der Waals surface area contributed by atoms with E-state index in [0.29, 0.717) is 9.78 Å².